The van der Waals surface area contributed by atoms with Crippen molar-refractivity contribution in [1.82, 2.24) is 15.2 Å². The van der Waals surface area contributed by atoms with Crippen molar-refractivity contribution in [3.05, 3.63) is 62.5 Å². The molecule has 1 aromatic heterocycles. The fraction of sp³-hybridized carbons (Fsp3) is 0.417. The maximum atomic E-state index is 13.8. The molecule has 2 aliphatic rings. The molecule has 0 spiro atoms. The van der Waals surface area contributed by atoms with Crippen LogP contribution in [0.1, 0.15) is 30.5 Å². The molecule has 0 saturated carbocycles. The molecule has 192 valence electrons. The lowest BCUT2D eigenvalue weighted by Crippen LogP contribution is -2.58. The predicted molar refractivity (Wildman–Crippen MR) is 133 cm³/mol. The molecule has 1 fully saturated rings. The smallest absolute Gasteiger partial charge is 0.338 e. The van der Waals surface area contributed by atoms with E-state index in [0.717, 1.165) is 6.07 Å². The molecule has 3 heterocycles. The summed E-state index contributed by atoms with van der Waals surface area (Å²) >= 11 is 7.73. The van der Waals surface area contributed by atoms with Gasteiger partial charge in [0, 0.05) is 40.9 Å². The number of thiazole rings is 1. The van der Waals surface area contributed by atoms with Crippen LogP contribution in [0.25, 0.3) is 0 Å². The van der Waals surface area contributed by atoms with E-state index < -0.39 is 35.9 Å². The summed E-state index contributed by atoms with van der Waals surface area (Å²) in [5.74, 6) is -1.86. The number of nitrogens with zero attached hydrogens (tertiary/aromatic N) is 3. The fourth-order valence-electron chi connectivity index (χ4n) is 4.45. The number of hydrogen-bond acceptors (Lipinski definition) is 9. The van der Waals surface area contributed by atoms with Gasteiger partial charge >= 0.3 is 11.9 Å². The van der Waals surface area contributed by atoms with E-state index in [-0.39, 0.29) is 23.1 Å². The molecule has 0 radical (unpaired) electrons. The molecule has 3 atom stereocenters. The number of rotatable bonds is 7. The van der Waals surface area contributed by atoms with E-state index in [1.54, 1.807) is 16.5 Å². The molecule has 2 N–H and O–H groups in total. The summed E-state index contributed by atoms with van der Waals surface area (Å²) in [6.07, 6.45) is 1.09. The Morgan fingerprint density at radius 3 is 2.81 bits per heavy atom. The maximum absolute atomic E-state index is 13.8. The quantitative estimate of drug-likeness (QED) is 0.518. The minimum Gasteiger partial charge on any atom is -0.480 e. The minimum atomic E-state index is -1.02. The van der Waals surface area contributed by atoms with Crippen molar-refractivity contribution in [2.24, 2.45) is 10.9 Å². The predicted octanol–water partition coefficient (Wildman–Crippen LogP) is 3.26. The third kappa shape index (κ3) is 5.29. The van der Waals surface area contributed by atoms with E-state index in [1.165, 1.54) is 30.6 Å². The summed E-state index contributed by atoms with van der Waals surface area (Å²) < 4.78 is 24.7. The number of hydrogen-bond donors (Lipinski definition) is 2. The van der Waals surface area contributed by atoms with Gasteiger partial charge in [-0.3, -0.25) is 14.7 Å². The number of aromatic nitrogens is 1. The Balaban J connectivity index is 1.83. The second-order valence-electron chi connectivity index (χ2n) is 8.73. The molecular weight excluding hydrogens is 511 g/mol. The topological polar surface area (TPSA) is 113 Å². The highest BCUT2D eigenvalue weighted by molar-refractivity contribution is 7.11. The molecule has 0 amide bonds. The summed E-state index contributed by atoms with van der Waals surface area (Å²) in [7, 11) is 1.25. The molecule has 0 aliphatic carbocycles. The van der Waals surface area contributed by atoms with Crippen LogP contribution in [0, 0.1) is 11.7 Å². The van der Waals surface area contributed by atoms with Crippen LogP contribution in [0.15, 0.2) is 46.0 Å². The van der Waals surface area contributed by atoms with Crippen LogP contribution in [0.2, 0.25) is 5.02 Å². The van der Waals surface area contributed by atoms with Crippen LogP contribution < -0.4 is 5.32 Å². The van der Waals surface area contributed by atoms with E-state index >= 15 is 0 Å². The van der Waals surface area contributed by atoms with Gasteiger partial charge in [0.15, 0.2) is 10.8 Å². The lowest BCUT2D eigenvalue weighted by atomic mass is 9.93. The maximum Gasteiger partial charge on any atom is 0.338 e. The van der Waals surface area contributed by atoms with E-state index in [1.807, 2.05) is 13.8 Å². The van der Waals surface area contributed by atoms with Crippen LogP contribution in [-0.2, 0) is 19.1 Å². The number of carbonyl (C=O) groups excluding carboxylic acids is 1. The molecule has 2 aromatic rings. The lowest BCUT2D eigenvalue weighted by molar-refractivity contribution is -0.160. The van der Waals surface area contributed by atoms with E-state index in [2.05, 4.69) is 10.3 Å². The number of halogens is 2. The van der Waals surface area contributed by atoms with Gasteiger partial charge in [0.25, 0.3) is 0 Å². The molecule has 2 aliphatic heterocycles. The molecule has 0 bridgehead atoms. The first-order valence-electron chi connectivity index (χ1n) is 11.3. The molecule has 12 heteroatoms. The summed E-state index contributed by atoms with van der Waals surface area (Å²) in [5, 5.41) is 15.7. The second-order valence-corrected chi connectivity index (χ2v) is 10.0. The fourth-order valence-corrected chi connectivity index (χ4v) is 5.30. The molecule has 36 heavy (non-hydrogen) atoms. The number of aliphatic carboxylic acids is 1. The number of esters is 1. The summed E-state index contributed by atoms with van der Waals surface area (Å²) in [5.41, 5.74) is 0.967. The SMILES string of the molecule is COC(=O)C1=C(CN2CCO[C@H](C(C)C)[C@H]2C(=O)O)NC(c2nccs2)=N[C@H]1c1ccc(F)cc1Cl. The van der Waals surface area contributed by atoms with Gasteiger partial charge in [0.05, 0.1) is 25.4 Å². The second kappa shape index (κ2) is 11.0. The van der Waals surface area contributed by atoms with Crippen LogP contribution in [0.3, 0.4) is 0 Å². The monoisotopic (exact) mass is 536 g/mol. The Kier molecular flexibility index (Phi) is 8.04. The first-order valence-corrected chi connectivity index (χ1v) is 12.6. The van der Waals surface area contributed by atoms with Gasteiger partial charge in [-0.1, -0.05) is 31.5 Å². The van der Waals surface area contributed by atoms with Crippen molar-refractivity contribution in [2.45, 2.75) is 32.0 Å². The van der Waals surface area contributed by atoms with Gasteiger partial charge < -0.3 is 19.9 Å². The highest BCUT2D eigenvalue weighted by Gasteiger charge is 2.41. The number of ether oxygens (including phenoxy) is 2. The molecule has 0 unspecified atom stereocenters. The van der Waals surface area contributed by atoms with E-state index in [0.29, 0.717) is 35.3 Å². The van der Waals surface area contributed by atoms with Gasteiger partial charge in [-0.05, 0) is 18.1 Å². The largest absolute Gasteiger partial charge is 0.480 e. The normalized spacial score (nSPS) is 22.8. The number of carboxylic acid groups (broad SMARTS) is 1. The standard InChI is InChI=1S/C24H26ClFN4O5S/c1-12(2)20-19(23(31)32)30(7-8-35-20)11-16-17(24(33)34-3)18(14-5-4-13(26)10-15(14)25)29-21(28-16)22-27-6-9-36-22/h4-6,9-10,12,18-20H,7-8,11H2,1-3H3,(H,28,29)(H,31,32)/t18-,19-,20+/m0/s1. The van der Waals surface area contributed by atoms with Crippen LogP contribution in [0.5, 0.6) is 0 Å². The van der Waals surface area contributed by atoms with Crippen molar-refractivity contribution < 1.29 is 28.6 Å². The highest BCUT2D eigenvalue weighted by atomic mass is 35.5. The van der Waals surface area contributed by atoms with Gasteiger partial charge in [-0.2, -0.15) is 0 Å². The zero-order valence-electron chi connectivity index (χ0n) is 19.9. The number of nitrogens with one attached hydrogen (secondary N) is 1. The lowest BCUT2D eigenvalue weighted by Gasteiger charge is -2.41. The average Bonchev–Trinajstić information content (AvgIpc) is 3.38. The van der Waals surface area contributed by atoms with E-state index in [9.17, 15) is 19.1 Å². The number of carboxylic acids is 1. The van der Waals surface area contributed by atoms with Crippen molar-refractivity contribution in [2.75, 3.05) is 26.8 Å². The zero-order chi connectivity index (χ0) is 26.0. The molecule has 9 nitrogen and oxygen atoms in total. The summed E-state index contributed by atoms with van der Waals surface area (Å²) in [6, 6.07) is 2.02. The molecular formula is C24H26ClFN4O5S. The van der Waals surface area contributed by atoms with Crippen LogP contribution >= 0.6 is 22.9 Å². The van der Waals surface area contributed by atoms with Gasteiger partial charge in [0.1, 0.15) is 17.9 Å². The highest BCUT2D eigenvalue weighted by Crippen LogP contribution is 2.37. The Hall–Kier alpha value is -2.86. The Bertz CT molecular complexity index is 1200. The van der Waals surface area contributed by atoms with Gasteiger partial charge in [-0.25, -0.2) is 14.2 Å². The number of carbonyl (C=O) groups is 2. The number of methoxy groups -OCH3 is 1. The third-order valence-electron chi connectivity index (χ3n) is 6.09. The van der Waals surface area contributed by atoms with Crippen molar-refractivity contribution in [1.29, 1.82) is 0 Å². The molecule has 1 saturated heterocycles. The Labute approximate surface area is 216 Å². The summed E-state index contributed by atoms with van der Waals surface area (Å²) in [4.78, 5) is 36.1. The summed E-state index contributed by atoms with van der Waals surface area (Å²) in [6.45, 7) is 4.57. The molecule has 4 rings (SSSR count). The first kappa shape index (κ1) is 26.2. The Morgan fingerprint density at radius 2 is 2.19 bits per heavy atom. The van der Waals surface area contributed by atoms with Crippen molar-refractivity contribution >= 4 is 40.7 Å². The van der Waals surface area contributed by atoms with Crippen molar-refractivity contribution in [3.63, 3.8) is 0 Å². The van der Waals surface area contributed by atoms with Crippen LogP contribution in [-0.4, -0.2) is 71.7 Å². The number of morpholine rings is 1. The Morgan fingerprint density at radius 1 is 1.42 bits per heavy atom. The van der Waals surface area contributed by atoms with Crippen molar-refractivity contribution in [3.8, 4) is 0 Å². The first-order chi connectivity index (χ1) is 17.2. The number of amidine groups is 1. The minimum absolute atomic E-state index is 0.0412. The number of aliphatic imine (C=N–C) groups is 1. The average molecular weight is 537 g/mol. The zero-order valence-corrected chi connectivity index (χ0v) is 21.5. The van der Waals surface area contributed by atoms with Gasteiger partial charge in [-0.15, -0.1) is 11.3 Å². The van der Waals surface area contributed by atoms with Gasteiger partial charge in [0.2, 0.25) is 0 Å². The number of benzene rings is 1. The van der Waals surface area contributed by atoms with E-state index in [4.69, 9.17) is 26.1 Å². The third-order valence-corrected chi connectivity index (χ3v) is 7.20. The molecule has 1 aromatic carbocycles. The van der Waals surface area contributed by atoms with Crippen LogP contribution in [0.4, 0.5) is 4.39 Å².